The Morgan fingerprint density at radius 2 is 2.26 bits per heavy atom. The molecule has 19 heavy (non-hydrogen) atoms. The monoisotopic (exact) mass is 342 g/mol. The predicted molar refractivity (Wildman–Crippen MR) is 77.8 cm³/mol. The Morgan fingerprint density at radius 3 is 2.84 bits per heavy atom. The van der Waals surface area contributed by atoms with Crippen LogP contribution < -0.4 is 10.1 Å². The standard InChI is InChI=1S/C12H11BrN2O3S/c1-6-10(11(16)17)19-12(14-6)15-8-5-7(13)3-4-9(8)18-2/h3-5H,1-2H3,(H,14,15)(H,16,17). The number of rotatable bonds is 4. The number of aromatic carboxylic acids is 1. The van der Waals surface area contributed by atoms with Crippen molar-refractivity contribution in [3.05, 3.63) is 33.2 Å². The highest BCUT2D eigenvalue weighted by Gasteiger charge is 2.15. The highest BCUT2D eigenvalue weighted by molar-refractivity contribution is 9.10. The van der Waals surface area contributed by atoms with Crippen LogP contribution >= 0.6 is 27.3 Å². The van der Waals surface area contributed by atoms with Gasteiger partial charge in [0, 0.05) is 4.47 Å². The van der Waals surface area contributed by atoms with E-state index in [-0.39, 0.29) is 4.88 Å². The molecule has 5 nitrogen and oxygen atoms in total. The van der Waals surface area contributed by atoms with E-state index in [1.807, 2.05) is 18.2 Å². The fraction of sp³-hybridized carbons (Fsp3) is 0.167. The molecule has 0 saturated heterocycles. The molecule has 2 aromatic rings. The molecule has 0 amide bonds. The number of halogens is 1. The van der Waals surface area contributed by atoms with E-state index in [0.717, 1.165) is 21.5 Å². The Labute approximate surface area is 122 Å². The van der Waals surface area contributed by atoms with Crippen LogP contribution in [-0.4, -0.2) is 23.2 Å². The van der Waals surface area contributed by atoms with Crippen LogP contribution in [0, 0.1) is 6.92 Å². The number of aromatic nitrogens is 1. The van der Waals surface area contributed by atoms with E-state index < -0.39 is 5.97 Å². The summed E-state index contributed by atoms with van der Waals surface area (Å²) in [4.78, 5) is 15.4. The number of carbonyl (C=O) groups is 1. The second kappa shape index (κ2) is 5.58. The van der Waals surface area contributed by atoms with E-state index in [4.69, 9.17) is 9.84 Å². The fourth-order valence-corrected chi connectivity index (χ4v) is 2.72. The lowest BCUT2D eigenvalue weighted by molar-refractivity contribution is 0.0701. The van der Waals surface area contributed by atoms with Crippen molar-refractivity contribution < 1.29 is 14.6 Å². The van der Waals surface area contributed by atoms with Crippen LogP contribution in [0.4, 0.5) is 10.8 Å². The Morgan fingerprint density at radius 1 is 1.53 bits per heavy atom. The second-order valence-corrected chi connectivity index (χ2v) is 5.62. The summed E-state index contributed by atoms with van der Waals surface area (Å²) in [6, 6.07) is 5.51. The van der Waals surface area contributed by atoms with Crippen molar-refractivity contribution in [2.45, 2.75) is 6.92 Å². The first-order valence-electron chi connectivity index (χ1n) is 5.32. The molecule has 0 aliphatic carbocycles. The number of ether oxygens (including phenoxy) is 1. The third-order valence-corrected chi connectivity index (χ3v) is 3.95. The highest BCUT2D eigenvalue weighted by atomic mass is 79.9. The lowest BCUT2D eigenvalue weighted by Gasteiger charge is -2.09. The summed E-state index contributed by atoms with van der Waals surface area (Å²) in [6.45, 7) is 1.67. The van der Waals surface area contributed by atoms with Gasteiger partial charge in [0.05, 0.1) is 18.5 Å². The van der Waals surface area contributed by atoms with Crippen molar-refractivity contribution >= 4 is 44.1 Å². The zero-order chi connectivity index (χ0) is 14.0. The lowest BCUT2D eigenvalue weighted by atomic mass is 10.3. The average Bonchev–Trinajstić information content (AvgIpc) is 2.71. The molecule has 2 rings (SSSR count). The number of methoxy groups -OCH3 is 1. The minimum absolute atomic E-state index is 0.233. The summed E-state index contributed by atoms with van der Waals surface area (Å²) >= 11 is 4.47. The smallest absolute Gasteiger partial charge is 0.347 e. The summed E-state index contributed by atoms with van der Waals surface area (Å²) < 4.78 is 6.13. The third-order valence-electron chi connectivity index (χ3n) is 2.39. The van der Waals surface area contributed by atoms with E-state index >= 15 is 0 Å². The van der Waals surface area contributed by atoms with Crippen LogP contribution in [-0.2, 0) is 0 Å². The second-order valence-electron chi connectivity index (χ2n) is 3.71. The Bertz CT molecular complexity index is 627. The molecule has 0 radical (unpaired) electrons. The molecule has 0 atom stereocenters. The number of aryl methyl sites for hydroxylation is 1. The number of anilines is 2. The summed E-state index contributed by atoms with van der Waals surface area (Å²) in [6.07, 6.45) is 0. The Hall–Kier alpha value is -1.60. The zero-order valence-corrected chi connectivity index (χ0v) is 12.6. The van der Waals surface area contributed by atoms with Gasteiger partial charge in [-0.2, -0.15) is 0 Å². The van der Waals surface area contributed by atoms with Gasteiger partial charge in [-0.15, -0.1) is 0 Å². The normalized spacial score (nSPS) is 10.3. The summed E-state index contributed by atoms with van der Waals surface area (Å²) in [5, 5.41) is 12.6. The van der Waals surface area contributed by atoms with E-state index in [1.165, 1.54) is 0 Å². The van der Waals surface area contributed by atoms with Crippen molar-refractivity contribution in [2.24, 2.45) is 0 Å². The quantitative estimate of drug-likeness (QED) is 0.886. The molecule has 0 unspecified atom stereocenters. The number of benzene rings is 1. The first kappa shape index (κ1) is 13.8. The fourth-order valence-electron chi connectivity index (χ4n) is 1.54. The number of nitrogens with zero attached hydrogens (tertiary/aromatic N) is 1. The predicted octanol–water partition coefficient (Wildman–Crippen LogP) is 3.66. The average molecular weight is 343 g/mol. The van der Waals surface area contributed by atoms with Crippen LogP contribution in [0.3, 0.4) is 0 Å². The van der Waals surface area contributed by atoms with Crippen molar-refractivity contribution in [1.29, 1.82) is 0 Å². The van der Waals surface area contributed by atoms with E-state index in [0.29, 0.717) is 16.6 Å². The van der Waals surface area contributed by atoms with Gasteiger partial charge in [-0.3, -0.25) is 0 Å². The molecule has 0 aliphatic heterocycles. The highest BCUT2D eigenvalue weighted by Crippen LogP contribution is 2.33. The van der Waals surface area contributed by atoms with E-state index in [1.54, 1.807) is 14.0 Å². The molecule has 1 heterocycles. The minimum Gasteiger partial charge on any atom is -0.495 e. The van der Waals surface area contributed by atoms with Crippen LogP contribution in [0.15, 0.2) is 22.7 Å². The van der Waals surface area contributed by atoms with Crippen LogP contribution in [0.2, 0.25) is 0 Å². The van der Waals surface area contributed by atoms with E-state index in [2.05, 4.69) is 26.2 Å². The molecule has 0 fully saturated rings. The van der Waals surface area contributed by atoms with Crippen LogP contribution in [0.1, 0.15) is 15.4 Å². The molecular weight excluding hydrogens is 332 g/mol. The number of nitrogens with one attached hydrogen (secondary N) is 1. The van der Waals surface area contributed by atoms with Gasteiger partial charge in [-0.05, 0) is 25.1 Å². The molecule has 1 aromatic heterocycles. The number of thiazole rings is 1. The first-order chi connectivity index (χ1) is 9.01. The number of hydrogen-bond acceptors (Lipinski definition) is 5. The topological polar surface area (TPSA) is 71.5 Å². The number of carboxylic acids is 1. The molecule has 0 aliphatic rings. The van der Waals surface area contributed by atoms with Crippen LogP contribution in [0.25, 0.3) is 0 Å². The van der Waals surface area contributed by atoms with Crippen molar-refractivity contribution in [2.75, 3.05) is 12.4 Å². The van der Waals surface area contributed by atoms with Crippen molar-refractivity contribution in [1.82, 2.24) is 4.98 Å². The van der Waals surface area contributed by atoms with Gasteiger partial charge in [0.2, 0.25) is 0 Å². The molecule has 1 aromatic carbocycles. The largest absolute Gasteiger partial charge is 0.495 e. The van der Waals surface area contributed by atoms with Gasteiger partial charge in [0.25, 0.3) is 0 Å². The molecular formula is C12H11BrN2O3S. The summed E-state index contributed by atoms with van der Waals surface area (Å²) in [5.41, 5.74) is 1.22. The molecule has 0 saturated carbocycles. The molecule has 100 valence electrons. The molecule has 2 N–H and O–H groups in total. The molecule has 7 heteroatoms. The first-order valence-corrected chi connectivity index (χ1v) is 6.93. The van der Waals surface area contributed by atoms with Gasteiger partial charge >= 0.3 is 5.97 Å². The SMILES string of the molecule is COc1ccc(Br)cc1Nc1nc(C)c(C(=O)O)s1. The molecule has 0 spiro atoms. The maximum absolute atomic E-state index is 11.0. The number of carboxylic acid groups (broad SMARTS) is 1. The van der Waals surface area contributed by atoms with Gasteiger partial charge in [0.15, 0.2) is 5.13 Å². The number of hydrogen-bond donors (Lipinski definition) is 2. The Balaban J connectivity index is 2.33. The zero-order valence-electron chi connectivity index (χ0n) is 10.2. The summed E-state index contributed by atoms with van der Waals surface area (Å²) in [7, 11) is 1.57. The maximum Gasteiger partial charge on any atom is 0.347 e. The van der Waals surface area contributed by atoms with Crippen molar-refractivity contribution in [3.63, 3.8) is 0 Å². The Kier molecular flexibility index (Phi) is 4.06. The summed E-state index contributed by atoms with van der Waals surface area (Å²) in [5.74, 6) is -0.308. The lowest BCUT2D eigenvalue weighted by Crippen LogP contribution is -1.94. The third kappa shape index (κ3) is 3.05. The van der Waals surface area contributed by atoms with Gasteiger partial charge < -0.3 is 15.2 Å². The minimum atomic E-state index is -0.968. The van der Waals surface area contributed by atoms with Gasteiger partial charge in [-0.1, -0.05) is 27.3 Å². The molecule has 0 bridgehead atoms. The van der Waals surface area contributed by atoms with Gasteiger partial charge in [0.1, 0.15) is 10.6 Å². The van der Waals surface area contributed by atoms with Gasteiger partial charge in [-0.25, -0.2) is 9.78 Å². The van der Waals surface area contributed by atoms with Crippen molar-refractivity contribution in [3.8, 4) is 5.75 Å². The van der Waals surface area contributed by atoms with E-state index in [9.17, 15) is 4.79 Å². The maximum atomic E-state index is 11.0. The van der Waals surface area contributed by atoms with Crippen LogP contribution in [0.5, 0.6) is 5.75 Å².